The van der Waals surface area contributed by atoms with E-state index in [0.717, 1.165) is 37.8 Å². The van der Waals surface area contributed by atoms with Crippen LogP contribution < -0.4 is 5.32 Å². The Labute approximate surface area is 131 Å². The lowest BCUT2D eigenvalue weighted by atomic mass is 9.90. The molecule has 0 spiro atoms. The summed E-state index contributed by atoms with van der Waals surface area (Å²) in [6.45, 7) is 6.17. The molecule has 1 N–H and O–H groups in total. The van der Waals surface area contributed by atoms with Crippen LogP contribution in [0.25, 0.3) is 0 Å². The number of hydrogen-bond acceptors (Lipinski definition) is 2. The summed E-state index contributed by atoms with van der Waals surface area (Å²) < 4.78 is 27.3. The maximum atomic E-state index is 13.8. The van der Waals surface area contributed by atoms with Crippen molar-refractivity contribution in [3.63, 3.8) is 0 Å². The highest BCUT2D eigenvalue weighted by Crippen LogP contribution is 2.32. The van der Waals surface area contributed by atoms with Crippen LogP contribution in [0.4, 0.5) is 8.78 Å². The average Bonchev–Trinajstić information content (AvgIpc) is 2.43. The first-order valence-corrected chi connectivity index (χ1v) is 7.57. The van der Waals surface area contributed by atoms with Crippen LogP contribution in [0, 0.1) is 17.6 Å². The van der Waals surface area contributed by atoms with Gasteiger partial charge in [-0.25, -0.2) is 8.78 Å². The molecule has 5 heteroatoms. The molecular formula is C16H23ClF2N2. The molecule has 0 amide bonds. The monoisotopic (exact) mass is 316 g/mol. The molecule has 2 aliphatic rings. The van der Waals surface area contributed by atoms with Gasteiger partial charge in [0.2, 0.25) is 0 Å². The molecular weight excluding hydrogens is 294 g/mol. The van der Waals surface area contributed by atoms with Crippen molar-refractivity contribution in [1.82, 2.24) is 10.2 Å². The van der Waals surface area contributed by atoms with Crippen LogP contribution in [0.2, 0.25) is 0 Å². The van der Waals surface area contributed by atoms with Gasteiger partial charge in [-0.05, 0) is 62.4 Å². The second-order valence-electron chi connectivity index (χ2n) is 6.07. The lowest BCUT2D eigenvalue weighted by Gasteiger charge is -2.38. The second kappa shape index (κ2) is 7.03. The van der Waals surface area contributed by atoms with Crippen LogP contribution in [-0.2, 0) is 6.42 Å². The molecule has 21 heavy (non-hydrogen) atoms. The molecule has 2 nitrogen and oxygen atoms in total. The van der Waals surface area contributed by atoms with Crippen LogP contribution in [0.5, 0.6) is 0 Å². The molecule has 1 aromatic rings. The van der Waals surface area contributed by atoms with E-state index in [2.05, 4.69) is 17.1 Å². The van der Waals surface area contributed by atoms with E-state index in [1.165, 1.54) is 18.9 Å². The minimum absolute atomic E-state index is 0. The molecule has 1 fully saturated rings. The zero-order chi connectivity index (χ0) is 14.1. The fourth-order valence-electron chi connectivity index (χ4n) is 3.55. The Morgan fingerprint density at radius 1 is 1.24 bits per heavy atom. The summed E-state index contributed by atoms with van der Waals surface area (Å²) in [5.74, 6) is -0.135. The Balaban J connectivity index is 0.00000161. The van der Waals surface area contributed by atoms with Gasteiger partial charge < -0.3 is 5.32 Å². The van der Waals surface area contributed by atoms with Crippen LogP contribution in [0.3, 0.4) is 0 Å². The number of hydrogen-bond donors (Lipinski definition) is 1. The lowest BCUT2D eigenvalue weighted by Crippen LogP contribution is -2.40. The molecule has 2 heterocycles. The van der Waals surface area contributed by atoms with E-state index in [1.807, 2.05) is 0 Å². The number of piperidine rings is 1. The molecule has 0 aromatic heterocycles. The van der Waals surface area contributed by atoms with Gasteiger partial charge in [0.25, 0.3) is 0 Å². The summed E-state index contributed by atoms with van der Waals surface area (Å²) in [5.41, 5.74) is 1.54. The van der Waals surface area contributed by atoms with Crippen molar-refractivity contribution in [2.75, 3.05) is 26.2 Å². The van der Waals surface area contributed by atoms with Crippen molar-refractivity contribution in [3.05, 3.63) is 34.9 Å². The maximum absolute atomic E-state index is 13.8. The second-order valence-corrected chi connectivity index (χ2v) is 6.07. The molecule has 118 valence electrons. The number of benzene rings is 1. The topological polar surface area (TPSA) is 15.3 Å². The van der Waals surface area contributed by atoms with E-state index in [-0.39, 0.29) is 24.3 Å². The SMILES string of the molecule is CC1c2cc(F)cc(F)c2CCN1CC1CCNCC1.Cl. The third kappa shape index (κ3) is 3.55. The quantitative estimate of drug-likeness (QED) is 0.900. The largest absolute Gasteiger partial charge is 0.317 e. The molecule has 2 aliphatic heterocycles. The smallest absolute Gasteiger partial charge is 0.129 e. The molecule has 0 radical (unpaired) electrons. The molecule has 1 aromatic carbocycles. The van der Waals surface area contributed by atoms with Gasteiger partial charge in [-0.1, -0.05) is 0 Å². The zero-order valence-electron chi connectivity index (χ0n) is 12.4. The summed E-state index contributed by atoms with van der Waals surface area (Å²) in [6, 6.07) is 2.63. The fraction of sp³-hybridized carbons (Fsp3) is 0.625. The third-order valence-electron chi connectivity index (χ3n) is 4.79. The van der Waals surface area contributed by atoms with Gasteiger partial charge in [0.05, 0.1) is 0 Å². The molecule has 3 rings (SSSR count). The Hall–Kier alpha value is -0.710. The van der Waals surface area contributed by atoms with Gasteiger partial charge in [0.1, 0.15) is 11.6 Å². The summed E-state index contributed by atoms with van der Waals surface area (Å²) >= 11 is 0. The predicted octanol–water partition coefficient (Wildman–Crippen LogP) is 3.31. The van der Waals surface area contributed by atoms with Gasteiger partial charge >= 0.3 is 0 Å². The van der Waals surface area contributed by atoms with Crippen molar-refractivity contribution in [1.29, 1.82) is 0 Å². The van der Waals surface area contributed by atoms with Crippen molar-refractivity contribution >= 4 is 12.4 Å². The number of nitrogens with one attached hydrogen (secondary N) is 1. The van der Waals surface area contributed by atoms with Crippen molar-refractivity contribution in [2.45, 2.75) is 32.2 Å². The first-order chi connectivity index (χ1) is 9.65. The Bertz CT molecular complexity index is 489. The highest BCUT2D eigenvalue weighted by Gasteiger charge is 2.28. The van der Waals surface area contributed by atoms with Gasteiger partial charge in [-0.15, -0.1) is 12.4 Å². The van der Waals surface area contributed by atoms with Crippen LogP contribution >= 0.6 is 12.4 Å². The van der Waals surface area contributed by atoms with Gasteiger partial charge in [0, 0.05) is 25.2 Å². The number of nitrogens with zero attached hydrogens (tertiary/aromatic N) is 1. The summed E-state index contributed by atoms with van der Waals surface area (Å²) in [7, 11) is 0. The van der Waals surface area contributed by atoms with E-state index < -0.39 is 5.82 Å². The standard InChI is InChI=1S/C16H22F2N2.ClH/c1-11-15-8-13(17)9-16(18)14(15)4-7-20(11)10-12-2-5-19-6-3-12;/h8-9,11-12,19H,2-7,10H2,1H3;1H. The Morgan fingerprint density at radius 3 is 2.67 bits per heavy atom. The average molecular weight is 317 g/mol. The van der Waals surface area contributed by atoms with E-state index in [9.17, 15) is 8.78 Å². The predicted molar refractivity (Wildman–Crippen MR) is 82.9 cm³/mol. The lowest BCUT2D eigenvalue weighted by molar-refractivity contribution is 0.150. The van der Waals surface area contributed by atoms with Gasteiger partial charge in [0.15, 0.2) is 0 Å². The van der Waals surface area contributed by atoms with Crippen LogP contribution in [0.15, 0.2) is 12.1 Å². The summed E-state index contributed by atoms with van der Waals surface area (Å²) in [4.78, 5) is 2.39. The molecule has 0 bridgehead atoms. The number of rotatable bonds is 2. The van der Waals surface area contributed by atoms with Crippen molar-refractivity contribution < 1.29 is 8.78 Å². The van der Waals surface area contributed by atoms with Crippen LogP contribution in [0.1, 0.15) is 36.9 Å². The summed E-state index contributed by atoms with van der Waals surface area (Å²) in [6.07, 6.45) is 3.10. The molecule has 1 atom stereocenters. The molecule has 0 aliphatic carbocycles. The van der Waals surface area contributed by atoms with Gasteiger partial charge in [-0.3, -0.25) is 4.90 Å². The first kappa shape index (κ1) is 16.7. The van der Waals surface area contributed by atoms with E-state index >= 15 is 0 Å². The van der Waals surface area contributed by atoms with E-state index in [4.69, 9.17) is 0 Å². The van der Waals surface area contributed by atoms with Crippen LogP contribution in [-0.4, -0.2) is 31.1 Å². The molecule has 0 saturated carbocycles. The highest BCUT2D eigenvalue weighted by molar-refractivity contribution is 5.85. The Morgan fingerprint density at radius 2 is 1.95 bits per heavy atom. The number of halogens is 3. The molecule has 1 saturated heterocycles. The van der Waals surface area contributed by atoms with Crippen molar-refractivity contribution in [2.24, 2.45) is 5.92 Å². The van der Waals surface area contributed by atoms with E-state index in [1.54, 1.807) is 0 Å². The highest BCUT2D eigenvalue weighted by atomic mass is 35.5. The minimum Gasteiger partial charge on any atom is -0.317 e. The third-order valence-corrected chi connectivity index (χ3v) is 4.79. The first-order valence-electron chi connectivity index (χ1n) is 7.57. The van der Waals surface area contributed by atoms with Crippen molar-refractivity contribution in [3.8, 4) is 0 Å². The van der Waals surface area contributed by atoms with Gasteiger partial charge in [-0.2, -0.15) is 0 Å². The Kier molecular flexibility index (Phi) is 5.58. The molecule has 1 unspecified atom stereocenters. The minimum atomic E-state index is -0.461. The fourth-order valence-corrected chi connectivity index (χ4v) is 3.55. The van der Waals surface area contributed by atoms with E-state index in [0.29, 0.717) is 17.9 Å². The number of fused-ring (bicyclic) bond motifs is 1. The maximum Gasteiger partial charge on any atom is 0.129 e. The summed E-state index contributed by atoms with van der Waals surface area (Å²) in [5, 5.41) is 3.38. The normalized spacial score (nSPS) is 23.5. The zero-order valence-corrected chi connectivity index (χ0v) is 13.2.